The molecule has 1 saturated heterocycles. The molecule has 5 nitrogen and oxygen atoms in total. The molecule has 0 spiro atoms. The summed E-state index contributed by atoms with van der Waals surface area (Å²) in [4.78, 5) is 16.9. The summed E-state index contributed by atoms with van der Waals surface area (Å²) in [7, 11) is 0. The smallest absolute Gasteiger partial charge is 0.406 e. The normalized spacial score (nSPS) is 16.4. The second kappa shape index (κ2) is 6.66. The van der Waals surface area contributed by atoms with E-state index in [-0.39, 0.29) is 17.2 Å². The SMILES string of the molecule is CC(C)(C)N1CC(c2nc(-c3ccc(OC(F)(F)F)cc3)c3ncsc3n2)C1. The predicted octanol–water partition coefficient (Wildman–Crippen LogP) is 4.85. The zero-order chi connectivity index (χ0) is 20.1. The standard InChI is InChI=1S/C19H19F3N4OS/c1-18(2,3)26-8-12(9-26)16-24-14(15-17(25-16)28-10-23-15)11-4-6-13(7-5-11)27-19(20,21)22/h4-7,10,12H,8-9H2,1-3H3. The Morgan fingerprint density at radius 2 is 1.75 bits per heavy atom. The summed E-state index contributed by atoms with van der Waals surface area (Å²) < 4.78 is 41.1. The summed E-state index contributed by atoms with van der Waals surface area (Å²) in [6, 6.07) is 5.70. The number of nitrogens with zero attached hydrogens (tertiary/aromatic N) is 4. The molecular weight excluding hydrogens is 389 g/mol. The van der Waals surface area contributed by atoms with Gasteiger partial charge in [0.15, 0.2) is 0 Å². The van der Waals surface area contributed by atoms with Gasteiger partial charge in [0.1, 0.15) is 27.6 Å². The summed E-state index contributed by atoms with van der Waals surface area (Å²) in [5.41, 5.74) is 3.78. The molecule has 2 aromatic heterocycles. The summed E-state index contributed by atoms with van der Waals surface area (Å²) in [5, 5.41) is 0. The zero-order valence-corrected chi connectivity index (χ0v) is 16.4. The van der Waals surface area contributed by atoms with Crippen LogP contribution in [-0.2, 0) is 0 Å². The Hall–Kier alpha value is -2.26. The maximum Gasteiger partial charge on any atom is 0.573 e. The first-order chi connectivity index (χ1) is 13.1. The number of hydrogen-bond donors (Lipinski definition) is 0. The Labute approximate surface area is 164 Å². The van der Waals surface area contributed by atoms with E-state index >= 15 is 0 Å². The van der Waals surface area contributed by atoms with Crippen LogP contribution in [0.25, 0.3) is 21.6 Å². The third-order valence-corrected chi connectivity index (χ3v) is 5.49. The van der Waals surface area contributed by atoms with E-state index in [0.717, 1.165) is 23.7 Å². The van der Waals surface area contributed by atoms with Crippen molar-refractivity contribution >= 4 is 21.7 Å². The van der Waals surface area contributed by atoms with E-state index in [0.29, 0.717) is 16.8 Å². The fourth-order valence-corrected chi connectivity index (χ4v) is 3.83. The van der Waals surface area contributed by atoms with Crippen LogP contribution in [0.5, 0.6) is 5.75 Å². The molecule has 0 N–H and O–H groups in total. The number of hydrogen-bond acceptors (Lipinski definition) is 6. The molecule has 1 aromatic carbocycles. The average molecular weight is 408 g/mol. The van der Waals surface area contributed by atoms with Crippen LogP contribution in [0, 0.1) is 0 Å². The van der Waals surface area contributed by atoms with Crippen molar-refractivity contribution in [3.63, 3.8) is 0 Å². The average Bonchev–Trinajstić information content (AvgIpc) is 2.99. The van der Waals surface area contributed by atoms with Gasteiger partial charge in [-0.05, 0) is 45.0 Å². The molecule has 0 atom stereocenters. The van der Waals surface area contributed by atoms with Crippen LogP contribution in [0.15, 0.2) is 29.8 Å². The maximum atomic E-state index is 12.4. The van der Waals surface area contributed by atoms with Gasteiger partial charge in [-0.2, -0.15) is 0 Å². The van der Waals surface area contributed by atoms with Crippen LogP contribution in [0.3, 0.4) is 0 Å². The van der Waals surface area contributed by atoms with E-state index in [1.165, 1.54) is 23.5 Å². The highest BCUT2D eigenvalue weighted by molar-refractivity contribution is 7.16. The first-order valence-corrected chi connectivity index (χ1v) is 9.70. The van der Waals surface area contributed by atoms with Crippen molar-refractivity contribution < 1.29 is 17.9 Å². The largest absolute Gasteiger partial charge is 0.573 e. The lowest BCUT2D eigenvalue weighted by molar-refractivity contribution is -0.274. The molecule has 1 fully saturated rings. The topological polar surface area (TPSA) is 51.1 Å². The van der Waals surface area contributed by atoms with Crippen molar-refractivity contribution in [1.82, 2.24) is 19.9 Å². The van der Waals surface area contributed by atoms with Crippen molar-refractivity contribution in [2.24, 2.45) is 0 Å². The Kier molecular flexibility index (Phi) is 4.54. The molecule has 1 aliphatic heterocycles. The van der Waals surface area contributed by atoms with Crippen LogP contribution >= 0.6 is 11.3 Å². The first kappa shape index (κ1) is 19.1. The van der Waals surface area contributed by atoms with Gasteiger partial charge in [-0.1, -0.05) is 0 Å². The zero-order valence-electron chi connectivity index (χ0n) is 15.6. The van der Waals surface area contributed by atoms with Gasteiger partial charge < -0.3 is 4.74 Å². The lowest BCUT2D eigenvalue weighted by Gasteiger charge is -2.47. The molecular formula is C19H19F3N4OS. The molecule has 0 bridgehead atoms. The minimum absolute atomic E-state index is 0.0994. The van der Waals surface area contributed by atoms with Crippen LogP contribution in [0.1, 0.15) is 32.5 Å². The van der Waals surface area contributed by atoms with Crippen LogP contribution < -0.4 is 4.74 Å². The number of halogens is 3. The number of rotatable bonds is 3. The molecule has 28 heavy (non-hydrogen) atoms. The molecule has 3 aromatic rings. The molecule has 9 heteroatoms. The minimum atomic E-state index is -4.71. The summed E-state index contributed by atoms with van der Waals surface area (Å²) in [5.74, 6) is 0.722. The van der Waals surface area contributed by atoms with E-state index in [1.807, 2.05) is 0 Å². The molecule has 3 heterocycles. The van der Waals surface area contributed by atoms with Gasteiger partial charge in [-0.25, -0.2) is 15.0 Å². The highest BCUT2D eigenvalue weighted by Gasteiger charge is 2.37. The van der Waals surface area contributed by atoms with Crippen LogP contribution in [0.4, 0.5) is 13.2 Å². The highest BCUT2D eigenvalue weighted by atomic mass is 32.1. The third kappa shape index (κ3) is 3.81. The lowest BCUT2D eigenvalue weighted by atomic mass is 9.92. The molecule has 0 radical (unpaired) electrons. The van der Waals surface area contributed by atoms with E-state index in [9.17, 15) is 13.2 Å². The summed E-state index contributed by atoms with van der Waals surface area (Å²) in [6.07, 6.45) is -4.71. The molecule has 0 aliphatic carbocycles. The van der Waals surface area contributed by atoms with Crippen molar-refractivity contribution in [2.75, 3.05) is 13.1 Å². The Morgan fingerprint density at radius 1 is 1.07 bits per heavy atom. The number of likely N-dealkylation sites (tertiary alicyclic amines) is 1. The molecule has 1 aliphatic rings. The van der Waals surface area contributed by atoms with Gasteiger partial charge in [0.25, 0.3) is 0 Å². The number of fused-ring (bicyclic) bond motifs is 1. The number of benzene rings is 1. The van der Waals surface area contributed by atoms with Crippen molar-refractivity contribution in [3.8, 4) is 17.0 Å². The number of ether oxygens (including phenoxy) is 1. The Bertz CT molecular complexity index is 989. The van der Waals surface area contributed by atoms with Crippen LogP contribution in [-0.4, -0.2) is 44.8 Å². The second-order valence-corrected chi connectivity index (χ2v) is 8.61. The summed E-state index contributed by atoms with van der Waals surface area (Å²) >= 11 is 1.43. The molecule has 0 amide bonds. The van der Waals surface area contributed by atoms with E-state index < -0.39 is 6.36 Å². The van der Waals surface area contributed by atoms with Crippen molar-refractivity contribution in [1.29, 1.82) is 0 Å². The van der Waals surface area contributed by atoms with Gasteiger partial charge in [0.05, 0.1) is 5.51 Å². The lowest BCUT2D eigenvalue weighted by Crippen LogP contribution is -2.54. The monoisotopic (exact) mass is 408 g/mol. The Balaban J connectivity index is 1.65. The summed E-state index contributed by atoms with van der Waals surface area (Å²) in [6.45, 7) is 8.28. The number of aromatic nitrogens is 3. The minimum Gasteiger partial charge on any atom is -0.406 e. The van der Waals surface area contributed by atoms with Gasteiger partial charge in [-0.3, -0.25) is 4.90 Å². The van der Waals surface area contributed by atoms with Gasteiger partial charge >= 0.3 is 6.36 Å². The van der Waals surface area contributed by atoms with E-state index in [4.69, 9.17) is 4.98 Å². The van der Waals surface area contributed by atoms with Crippen molar-refractivity contribution in [3.05, 3.63) is 35.6 Å². The van der Waals surface area contributed by atoms with E-state index in [2.05, 4.69) is 40.4 Å². The van der Waals surface area contributed by atoms with E-state index in [1.54, 1.807) is 17.6 Å². The molecule has 0 unspecified atom stereocenters. The van der Waals surface area contributed by atoms with Gasteiger partial charge in [0, 0.05) is 30.1 Å². The molecule has 148 valence electrons. The quantitative estimate of drug-likeness (QED) is 0.620. The van der Waals surface area contributed by atoms with Crippen LogP contribution in [0.2, 0.25) is 0 Å². The maximum absolute atomic E-state index is 12.4. The fraction of sp³-hybridized carbons (Fsp3) is 0.421. The Morgan fingerprint density at radius 3 is 2.36 bits per heavy atom. The third-order valence-electron chi connectivity index (χ3n) is 4.77. The van der Waals surface area contributed by atoms with Gasteiger partial charge in [-0.15, -0.1) is 24.5 Å². The second-order valence-electron chi connectivity index (χ2n) is 7.78. The predicted molar refractivity (Wildman–Crippen MR) is 101 cm³/mol. The van der Waals surface area contributed by atoms with Gasteiger partial charge in [0.2, 0.25) is 0 Å². The number of thiazole rings is 1. The highest BCUT2D eigenvalue weighted by Crippen LogP contribution is 2.35. The molecule has 0 saturated carbocycles. The fourth-order valence-electron chi connectivity index (χ4n) is 3.17. The number of alkyl halides is 3. The van der Waals surface area contributed by atoms with Crippen molar-refractivity contribution in [2.45, 2.75) is 38.6 Å². The first-order valence-electron chi connectivity index (χ1n) is 8.82. The molecule has 4 rings (SSSR count).